The number of aliphatic hydroxyl groups is 1. The third-order valence-electron chi connectivity index (χ3n) is 6.92. The fourth-order valence-electron chi connectivity index (χ4n) is 4.85. The van der Waals surface area contributed by atoms with Crippen LogP contribution in [0.15, 0.2) is 36.4 Å². The van der Waals surface area contributed by atoms with Crippen LogP contribution in [-0.2, 0) is 4.74 Å². The van der Waals surface area contributed by atoms with Crippen LogP contribution in [0.25, 0.3) is 11.1 Å². The summed E-state index contributed by atoms with van der Waals surface area (Å²) in [6, 6.07) is 6.78. The van der Waals surface area contributed by atoms with Gasteiger partial charge in [0.2, 0.25) is 5.82 Å². The molecular formula is C29H26F6O4. The van der Waals surface area contributed by atoms with Crippen molar-refractivity contribution >= 4 is 5.97 Å². The number of aliphatic hydroxyl groups excluding tert-OH is 1. The summed E-state index contributed by atoms with van der Waals surface area (Å²) in [6.07, 6.45) is -0.591. The second kappa shape index (κ2) is 11.7. The van der Waals surface area contributed by atoms with Gasteiger partial charge in [-0.05, 0) is 69.2 Å². The average molecular weight is 553 g/mol. The molecule has 3 aromatic carbocycles. The maximum atomic E-state index is 14.8. The molecule has 1 N–H and O–H groups in total. The van der Waals surface area contributed by atoms with E-state index in [-0.39, 0.29) is 42.2 Å². The predicted octanol–water partition coefficient (Wildman–Crippen LogP) is 7.52. The summed E-state index contributed by atoms with van der Waals surface area (Å²) in [5.41, 5.74) is -1.83. The molecule has 39 heavy (non-hydrogen) atoms. The van der Waals surface area contributed by atoms with E-state index in [1.807, 2.05) is 0 Å². The number of hydrogen-bond acceptors (Lipinski definition) is 4. The molecule has 1 saturated carbocycles. The van der Waals surface area contributed by atoms with Crippen LogP contribution in [0, 0.1) is 34.9 Å². The van der Waals surface area contributed by atoms with Crippen molar-refractivity contribution in [3.63, 3.8) is 0 Å². The van der Waals surface area contributed by atoms with Crippen molar-refractivity contribution in [3.05, 3.63) is 88.0 Å². The van der Waals surface area contributed by atoms with Crippen LogP contribution in [0.5, 0.6) is 5.75 Å². The van der Waals surface area contributed by atoms with Crippen molar-refractivity contribution in [3.8, 4) is 16.9 Å². The van der Waals surface area contributed by atoms with Crippen molar-refractivity contribution in [1.29, 1.82) is 0 Å². The first-order valence-electron chi connectivity index (χ1n) is 12.5. The zero-order valence-corrected chi connectivity index (χ0v) is 21.2. The summed E-state index contributed by atoms with van der Waals surface area (Å²) in [5.74, 6) is -9.91. The number of esters is 1. The molecule has 1 unspecified atom stereocenters. The van der Waals surface area contributed by atoms with Crippen molar-refractivity contribution in [2.45, 2.75) is 57.7 Å². The van der Waals surface area contributed by atoms with Gasteiger partial charge >= 0.3 is 5.97 Å². The highest BCUT2D eigenvalue weighted by Crippen LogP contribution is 2.38. The van der Waals surface area contributed by atoms with Gasteiger partial charge in [-0.25, -0.2) is 26.7 Å². The Kier molecular flexibility index (Phi) is 8.54. The number of carbonyl (C=O) groups is 1. The first kappa shape index (κ1) is 28.5. The topological polar surface area (TPSA) is 55.8 Å². The van der Waals surface area contributed by atoms with Gasteiger partial charge in [0.15, 0.2) is 34.8 Å². The molecule has 4 rings (SSSR count). The van der Waals surface area contributed by atoms with E-state index in [1.165, 1.54) is 19.1 Å². The van der Waals surface area contributed by atoms with Crippen molar-refractivity contribution in [2.24, 2.45) is 0 Å². The van der Waals surface area contributed by atoms with Crippen LogP contribution in [-0.4, -0.2) is 23.8 Å². The monoisotopic (exact) mass is 552 g/mol. The van der Waals surface area contributed by atoms with Gasteiger partial charge in [0.05, 0.1) is 18.3 Å². The lowest BCUT2D eigenvalue weighted by molar-refractivity contribution is 0.0188. The quantitative estimate of drug-likeness (QED) is 0.243. The van der Waals surface area contributed by atoms with Crippen molar-refractivity contribution in [2.75, 3.05) is 6.61 Å². The van der Waals surface area contributed by atoms with E-state index in [2.05, 4.69) is 0 Å². The van der Waals surface area contributed by atoms with Gasteiger partial charge in [-0.1, -0.05) is 18.2 Å². The Hall–Kier alpha value is -3.53. The molecule has 1 aliphatic rings. The molecule has 0 radical (unpaired) electrons. The van der Waals surface area contributed by atoms with E-state index in [0.717, 1.165) is 24.3 Å². The summed E-state index contributed by atoms with van der Waals surface area (Å²) < 4.78 is 97.6. The number of hydrogen-bond donors (Lipinski definition) is 1. The number of ether oxygens (including phenoxy) is 2. The Morgan fingerprint density at radius 2 is 1.44 bits per heavy atom. The lowest BCUT2D eigenvalue weighted by atomic mass is 9.82. The zero-order valence-electron chi connectivity index (χ0n) is 21.2. The van der Waals surface area contributed by atoms with Gasteiger partial charge in [0.25, 0.3) is 0 Å². The second-order valence-corrected chi connectivity index (χ2v) is 9.39. The zero-order chi connectivity index (χ0) is 28.4. The normalized spacial score (nSPS) is 18.1. The summed E-state index contributed by atoms with van der Waals surface area (Å²) in [7, 11) is 0. The molecule has 1 fully saturated rings. The number of halogens is 6. The smallest absolute Gasteiger partial charge is 0.341 e. The van der Waals surface area contributed by atoms with Crippen LogP contribution in [0.1, 0.15) is 73.0 Å². The SMILES string of the molecule is CCOc1ccc(-c2ccc(C(=O)OC3CCC(c4ccc(C(C)O)c(F)c4F)CC3)c(F)c2F)c(F)c1F. The lowest BCUT2D eigenvalue weighted by Gasteiger charge is -2.29. The van der Waals surface area contributed by atoms with E-state index in [0.29, 0.717) is 12.8 Å². The number of benzene rings is 3. The van der Waals surface area contributed by atoms with E-state index < -0.39 is 69.8 Å². The van der Waals surface area contributed by atoms with E-state index >= 15 is 0 Å². The van der Waals surface area contributed by atoms with Crippen LogP contribution < -0.4 is 4.74 Å². The molecule has 3 aromatic rings. The molecule has 1 aliphatic carbocycles. The molecule has 0 amide bonds. The third kappa shape index (κ3) is 5.61. The molecule has 10 heteroatoms. The molecule has 1 atom stereocenters. The highest BCUT2D eigenvalue weighted by molar-refractivity contribution is 5.90. The maximum absolute atomic E-state index is 14.8. The lowest BCUT2D eigenvalue weighted by Crippen LogP contribution is -2.25. The fraction of sp³-hybridized carbons (Fsp3) is 0.345. The largest absolute Gasteiger partial charge is 0.491 e. The van der Waals surface area contributed by atoms with E-state index in [1.54, 1.807) is 6.92 Å². The Balaban J connectivity index is 1.45. The average Bonchev–Trinajstić information content (AvgIpc) is 2.91. The molecule has 0 aliphatic heterocycles. The Labute approximate surface area is 221 Å². The molecule has 208 valence electrons. The Bertz CT molecular complexity index is 1380. The summed E-state index contributed by atoms with van der Waals surface area (Å²) in [6.45, 7) is 2.98. The maximum Gasteiger partial charge on any atom is 0.341 e. The second-order valence-electron chi connectivity index (χ2n) is 9.39. The molecule has 0 heterocycles. The van der Waals surface area contributed by atoms with E-state index in [4.69, 9.17) is 9.47 Å². The van der Waals surface area contributed by atoms with Crippen LogP contribution >= 0.6 is 0 Å². The standard InChI is InChI=1S/C29H26F6O4/c1-3-38-22-13-12-20(26(33)28(22)35)19-10-11-21(27(34)25(19)32)29(37)39-16-6-4-15(5-7-16)18-9-8-17(14(2)36)23(30)24(18)31/h8-16,36H,3-7H2,1-2H3. The predicted molar refractivity (Wildman–Crippen MR) is 130 cm³/mol. The molecule has 4 nitrogen and oxygen atoms in total. The first-order valence-corrected chi connectivity index (χ1v) is 12.5. The van der Waals surface area contributed by atoms with Gasteiger partial charge < -0.3 is 14.6 Å². The van der Waals surface area contributed by atoms with Crippen molar-refractivity contribution < 1.29 is 45.7 Å². The van der Waals surface area contributed by atoms with Gasteiger partial charge in [-0.2, -0.15) is 4.39 Å². The minimum absolute atomic E-state index is 0.0731. The minimum Gasteiger partial charge on any atom is -0.491 e. The van der Waals surface area contributed by atoms with Gasteiger partial charge in [-0.3, -0.25) is 0 Å². The highest BCUT2D eigenvalue weighted by Gasteiger charge is 2.30. The third-order valence-corrected chi connectivity index (χ3v) is 6.92. The van der Waals surface area contributed by atoms with Crippen LogP contribution in [0.4, 0.5) is 26.3 Å². The molecule has 0 bridgehead atoms. The summed E-state index contributed by atoms with van der Waals surface area (Å²) in [4.78, 5) is 12.6. The fourth-order valence-corrected chi connectivity index (χ4v) is 4.85. The first-order chi connectivity index (χ1) is 18.5. The van der Waals surface area contributed by atoms with Gasteiger partial charge in [0, 0.05) is 16.7 Å². The number of carbonyl (C=O) groups excluding carboxylic acids is 1. The Morgan fingerprint density at radius 1 is 0.821 bits per heavy atom. The number of rotatable bonds is 7. The van der Waals surface area contributed by atoms with Gasteiger partial charge in [0.1, 0.15) is 6.10 Å². The van der Waals surface area contributed by atoms with Crippen LogP contribution in [0.2, 0.25) is 0 Å². The van der Waals surface area contributed by atoms with Gasteiger partial charge in [-0.15, -0.1) is 0 Å². The molecule has 0 saturated heterocycles. The molecule has 0 aromatic heterocycles. The minimum atomic E-state index is -1.57. The van der Waals surface area contributed by atoms with Crippen LogP contribution in [0.3, 0.4) is 0 Å². The summed E-state index contributed by atoms with van der Waals surface area (Å²) >= 11 is 0. The van der Waals surface area contributed by atoms with Crippen molar-refractivity contribution in [1.82, 2.24) is 0 Å². The molecular weight excluding hydrogens is 526 g/mol. The summed E-state index contributed by atoms with van der Waals surface area (Å²) in [5, 5.41) is 9.56. The highest BCUT2D eigenvalue weighted by atomic mass is 19.2. The molecule has 0 spiro atoms. The Morgan fingerprint density at radius 3 is 2.05 bits per heavy atom. The van der Waals surface area contributed by atoms with E-state index in [9.17, 15) is 36.2 Å².